The average Bonchev–Trinajstić information content (AvgIpc) is 2.96. The van der Waals surface area contributed by atoms with Gasteiger partial charge in [0.1, 0.15) is 0 Å². The molecule has 6 heteroatoms. The lowest BCUT2D eigenvalue weighted by Gasteiger charge is -2.25. The Labute approximate surface area is 151 Å². The molecular weight excluding hydrogens is 337 g/mol. The molecule has 3 rings (SSSR count). The number of nitrogens with zero attached hydrogens (tertiary/aromatic N) is 1. The van der Waals surface area contributed by atoms with Crippen molar-refractivity contribution in [2.24, 2.45) is 0 Å². The Kier molecular flexibility index (Phi) is 5.21. The van der Waals surface area contributed by atoms with Gasteiger partial charge in [-0.1, -0.05) is 30.3 Å². The predicted molar refractivity (Wildman–Crippen MR) is 94.5 cm³/mol. The normalized spacial score (nSPS) is 16.7. The average molecular weight is 357 g/mol. The van der Waals surface area contributed by atoms with Crippen molar-refractivity contribution in [2.45, 2.75) is 32.4 Å². The van der Waals surface area contributed by atoms with Crippen LogP contribution in [0.25, 0.3) is 0 Å². The molecule has 0 fully saturated rings. The summed E-state index contributed by atoms with van der Waals surface area (Å²) in [5.74, 6) is -1.62. The number of hydrogen-bond donors (Lipinski definition) is 0. The fourth-order valence-corrected chi connectivity index (χ4v) is 3.08. The number of esters is 1. The first-order chi connectivity index (χ1) is 12.5. The van der Waals surface area contributed by atoms with Gasteiger partial charge in [0.15, 0.2) is 24.3 Å². The van der Waals surface area contributed by atoms with Crippen LogP contribution in [0.5, 0.6) is 5.75 Å². The lowest BCUT2D eigenvalue weighted by molar-refractivity contribution is -0.155. The molecule has 2 atom stereocenters. The molecule has 1 amide bonds. The van der Waals surface area contributed by atoms with Crippen LogP contribution in [-0.2, 0) is 20.7 Å². The molecule has 2 aromatic rings. The van der Waals surface area contributed by atoms with Gasteiger partial charge in [0.25, 0.3) is 5.91 Å². The molecular formula is C20H20FNO4. The summed E-state index contributed by atoms with van der Waals surface area (Å²) in [4.78, 5) is 26.3. The molecule has 26 heavy (non-hydrogen) atoms. The van der Waals surface area contributed by atoms with Crippen LogP contribution in [0.3, 0.4) is 0 Å². The van der Waals surface area contributed by atoms with Gasteiger partial charge in [0.05, 0.1) is 0 Å². The molecule has 0 aliphatic carbocycles. The molecule has 0 saturated heterocycles. The SMILES string of the molecule is C[C@H](OC(=O)COc1ccccc1F)C(=O)N1c2ccccc2C[C@H]1C. The molecule has 2 aromatic carbocycles. The molecule has 136 valence electrons. The standard InChI is InChI=1S/C20H20FNO4/c1-13-11-15-7-3-5-9-17(15)22(13)20(24)14(2)26-19(23)12-25-18-10-6-4-8-16(18)21/h3-10,13-14H,11-12H2,1-2H3/t13-,14+/m1/s1. The molecule has 1 heterocycles. The summed E-state index contributed by atoms with van der Waals surface area (Å²) in [5, 5.41) is 0. The molecule has 0 saturated carbocycles. The minimum atomic E-state index is -0.958. The van der Waals surface area contributed by atoms with Gasteiger partial charge in [0.2, 0.25) is 0 Å². The Morgan fingerprint density at radius 1 is 1.19 bits per heavy atom. The van der Waals surface area contributed by atoms with Crippen molar-refractivity contribution in [1.82, 2.24) is 0 Å². The summed E-state index contributed by atoms with van der Waals surface area (Å²) in [5.41, 5.74) is 1.94. The van der Waals surface area contributed by atoms with E-state index < -0.39 is 24.5 Å². The van der Waals surface area contributed by atoms with E-state index in [2.05, 4.69) is 0 Å². The second kappa shape index (κ2) is 7.56. The van der Waals surface area contributed by atoms with Crippen LogP contribution >= 0.6 is 0 Å². The van der Waals surface area contributed by atoms with E-state index in [9.17, 15) is 14.0 Å². The van der Waals surface area contributed by atoms with E-state index in [1.807, 2.05) is 31.2 Å². The van der Waals surface area contributed by atoms with Crippen LogP contribution in [0.2, 0.25) is 0 Å². The monoisotopic (exact) mass is 357 g/mol. The highest BCUT2D eigenvalue weighted by molar-refractivity contribution is 5.99. The van der Waals surface area contributed by atoms with E-state index in [-0.39, 0.29) is 17.7 Å². The lowest BCUT2D eigenvalue weighted by atomic mass is 10.1. The van der Waals surface area contributed by atoms with Crippen molar-refractivity contribution in [3.8, 4) is 5.75 Å². The molecule has 0 N–H and O–H groups in total. The predicted octanol–water partition coefficient (Wildman–Crippen LogP) is 3.11. The third-order valence-electron chi connectivity index (χ3n) is 4.28. The van der Waals surface area contributed by atoms with E-state index in [1.54, 1.807) is 11.0 Å². The summed E-state index contributed by atoms with van der Waals surface area (Å²) in [6, 6.07) is 13.4. The third kappa shape index (κ3) is 3.69. The number of fused-ring (bicyclic) bond motifs is 1. The smallest absolute Gasteiger partial charge is 0.344 e. The second-order valence-electron chi connectivity index (χ2n) is 6.24. The van der Waals surface area contributed by atoms with E-state index >= 15 is 0 Å². The molecule has 1 aliphatic rings. The van der Waals surface area contributed by atoms with Crippen LogP contribution in [0, 0.1) is 5.82 Å². The maximum Gasteiger partial charge on any atom is 0.344 e. The molecule has 5 nitrogen and oxygen atoms in total. The quantitative estimate of drug-likeness (QED) is 0.772. The highest BCUT2D eigenvalue weighted by Gasteiger charge is 2.34. The third-order valence-corrected chi connectivity index (χ3v) is 4.28. The van der Waals surface area contributed by atoms with E-state index in [0.29, 0.717) is 0 Å². The summed E-state index contributed by atoms with van der Waals surface area (Å²) < 4.78 is 23.8. The van der Waals surface area contributed by atoms with Gasteiger partial charge in [-0.15, -0.1) is 0 Å². The zero-order chi connectivity index (χ0) is 18.7. The highest BCUT2D eigenvalue weighted by atomic mass is 19.1. The number of hydrogen-bond acceptors (Lipinski definition) is 4. The van der Waals surface area contributed by atoms with Gasteiger partial charge in [0, 0.05) is 11.7 Å². The topological polar surface area (TPSA) is 55.8 Å². The number of rotatable bonds is 5. The summed E-state index contributed by atoms with van der Waals surface area (Å²) in [6.07, 6.45) is -0.195. The van der Waals surface area contributed by atoms with Gasteiger partial charge < -0.3 is 14.4 Å². The van der Waals surface area contributed by atoms with Crippen molar-refractivity contribution in [3.63, 3.8) is 0 Å². The summed E-state index contributed by atoms with van der Waals surface area (Å²) in [7, 11) is 0. The van der Waals surface area contributed by atoms with E-state index in [0.717, 1.165) is 17.7 Å². The Morgan fingerprint density at radius 3 is 2.65 bits per heavy atom. The lowest BCUT2D eigenvalue weighted by Crippen LogP contribution is -2.43. The van der Waals surface area contributed by atoms with Crippen molar-refractivity contribution in [3.05, 3.63) is 59.9 Å². The number of halogens is 1. The van der Waals surface area contributed by atoms with E-state index in [4.69, 9.17) is 9.47 Å². The number of para-hydroxylation sites is 2. The Balaban J connectivity index is 1.59. The Bertz CT molecular complexity index is 823. The summed E-state index contributed by atoms with van der Waals surface area (Å²) >= 11 is 0. The zero-order valence-corrected chi connectivity index (χ0v) is 14.6. The number of benzene rings is 2. The fourth-order valence-electron chi connectivity index (χ4n) is 3.08. The summed E-state index contributed by atoms with van der Waals surface area (Å²) in [6.45, 7) is 3.01. The maximum absolute atomic E-state index is 13.5. The molecule has 0 radical (unpaired) electrons. The minimum absolute atomic E-state index is 0.00397. The number of carbonyl (C=O) groups excluding carboxylic acids is 2. The van der Waals surface area contributed by atoms with Crippen molar-refractivity contribution in [1.29, 1.82) is 0 Å². The van der Waals surface area contributed by atoms with Crippen molar-refractivity contribution in [2.75, 3.05) is 11.5 Å². The van der Waals surface area contributed by atoms with Crippen LogP contribution in [0.1, 0.15) is 19.4 Å². The van der Waals surface area contributed by atoms with Crippen molar-refractivity contribution < 1.29 is 23.5 Å². The van der Waals surface area contributed by atoms with Gasteiger partial charge in [-0.05, 0) is 44.0 Å². The zero-order valence-electron chi connectivity index (χ0n) is 14.6. The number of ether oxygens (including phenoxy) is 2. The first-order valence-corrected chi connectivity index (χ1v) is 8.45. The largest absolute Gasteiger partial charge is 0.479 e. The first kappa shape index (κ1) is 17.9. The fraction of sp³-hybridized carbons (Fsp3) is 0.300. The molecule has 0 bridgehead atoms. The molecule has 1 aliphatic heterocycles. The van der Waals surface area contributed by atoms with Crippen LogP contribution in [-0.4, -0.2) is 30.6 Å². The van der Waals surface area contributed by atoms with Crippen LogP contribution in [0.15, 0.2) is 48.5 Å². The van der Waals surface area contributed by atoms with Gasteiger partial charge >= 0.3 is 5.97 Å². The molecule has 0 spiro atoms. The number of amides is 1. The number of anilines is 1. The minimum Gasteiger partial charge on any atom is -0.479 e. The van der Waals surface area contributed by atoms with Crippen molar-refractivity contribution >= 4 is 17.6 Å². The Hall–Kier alpha value is -2.89. The van der Waals surface area contributed by atoms with Gasteiger partial charge in [-0.2, -0.15) is 0 Å². The Morgan fingerprint density at radius 2 is 1.88 bits per heavy atom. The first-order valence-electron chi connectivity index (χ1n) is 8.45. The van der Waals surface area contributed by atoms with Gasteiger partial charge in [-0.3, -0.25) is 4.79 Å². The molecule has 0 aromatic heterocycles. The van der Waals surface area contributed by atoms with Gasteiger partial charge in [-0.25, -0.2) is 9.18 Å². The van der Waals surface area contributed by atoms with E-state index in [1.165, 1.54) is 25.1 Å². The molecule has 0 unspecified atom stereocenters. The second-order valence-corrected chi connectivity index (χ2v) is 6.24. The van der Waals surface area contributed by atoms with Crippen LogP contribution < -0.4 is 9.64 Å². The maximum atomic E-state index is 13.5. The highest BCUT2D eigenvalue weighted by Crippen LogP contribution is 2.32. The number of carbonyl (C=O) groups is 2. The van der Waals surface area contributed by atoms with Crippen LogP contribution in [0.4, 0.5) is 10.1 Å².